The van der Waals surface area contributed by atoms with Gasteiger partial charge in [-0.05, 0) is 17.0 Å². The molecule has 1 atom stereocenters. The Kier molecular flexibility index (Phi) is 3.08. The Balaban J connectivity index is 1.84. The van der Waals surface area contributed by atoms with Gasteiger partial charge in [-0.1, -0.05) is 42.5 Å². The number of H-pyrrole nitrogens is 1. The number of pyridine rings is 1. The molecular weight excluding hydrogens is 298 g/mol. The van der Waals surface area contributed by atoms with Gasteiger partial charge in [0.25, 0.3) is 5.56 Å². The average Bonchev–Trinajstić information content (AvgIpc) is 2.97. The van der Waals surface area contributed by atoms with Crippen molar-refractivity contribution in [1.82, 2.24) is 15.2 Å². The molecule has 1 aromatic heterocycles. The van der Waals surface area contributed by atoms with Gasteiger partial charge in [0.1, 0.15) is 0 Å². The van der Waals surface area contributed by atoms with Crippen molar-refractivity contribution in [2.75, 3.05) is 26.2 Å². The number of rotatable bonds is 1. The summed E-state index contributed by atoms with van der Waals surface area (Å²) in [6.45, 7) is 4.06. The van der Waals surface area contributed by atoms with Crippen molar-refractivity contribution in [3.05, 3.63) is 70.0 Å². The van der Waals surface area contributed by atoms with Gasteiger partial charge in [-0.2, -0.15) is 0 Å². The maximum Gasteiger partial charge on any atom is 0.256 e. The maximum absolute atomic E-state index is 12.6. The summed E-state index contributed by atoms with van der Waals surface area (Å²) < 4.78 is 0. The summed E-state index contributed by atoms with van der Waals surface area (Å²) in [5.41, 5.74) is 4.73. The molecule has 2 heterocycles. The quantitative estimate of drug-likeness (QED) is 0.725. The van der Waals surface area contributed by atoms with Crippen molar-refractivity contribution in [1.29, 1.82) is 0 Å². The van der Waals surface area contributed by atoms with E-state index in [-0.39, 0.29) is 11.6 Å². The molecule has 0 spiro atoms. The van der Waals surface area contributed by atoms with Crippen molar-refractivity contribution in [3.63, 3.8) is 0 Å². The van der Waals surface area contributed by atoms with Gasteiger partial charge in [0.15, 0.2) is 0 Å². The summed E-state index contributed by atoms with van der Waals surface area (Å²) in [5.74, 6) is 0. The Morgan fingerprint density at radius 3 is 2.46 bits per heavy atom. The lowest BCUT2D eigenvalue weighted by atomic mass is 9.98. The highest BCUT2D eigenvalue weighted by Crippen LogP contribution is 2.47. The number of piperazine rings is 1. The third-order valence-electron chi connectivity index (χ3n) is 5.28. The molecule has 0 saturated carbocycles. The van der Waals surface area contributed by atoms with Crippen LogP contribution in [0.3, 0.4) is 0 Å². The predicted octanol–water partition coefficient (Wildman–Crippen LogP) is 2.50. The maximum atomic E-state index is 12.6. The lowest BCUT2D eigenvalue weighted by Gasteiger charge is -2.34. The summed E-state index contributed by atoms with van der Waals surface area (Å²) in [4.78, 5) is 18.2. The third kappa shape index (κ3) is 1.90. The van der Waals surface area contributed by atoms with E-state index in [1.54, 1.807) is 0 Å². The monoisotopic (exact) mass is 317 g/mol. The Labute approximate surface area is 140 Å². The van der Waals surface area contributed by atoms with Gasteiger partial charge in [0.2, 0.25) is 0 Å². The molecule has 1 saturated heterocycles. The number of benzene rings is 2. The van der Waals surface area contributed by atoms with Gasteiger partial charge in [0.05, 0.1) is 11.7 Å². The minimum Gasteiger partial charge on any atom is -0.321 e. The molecule has 1 unspecified atom stereocenters. The van der Waals surface area contributed by atoms with E-state index < -0.39 is 0 Å². The second-order valence-corrected chi connectivity index (χ2v) is 6.56. The topological polar surface area (TPSA) is 48.1 Å². The van der Waals surface area contributed by atoms with Gasteiger partial charge in [-0.3, -0.25) is 9.69 Å². The number of aromatic amines is 1. The van der Waals surface area contributed by atoms with E-state index in [0.717, 1.165) is 42.6 Å². The summed E-state index contributed by atoms with van der Waals surface area (Å²) >= 11 is 0. The zero-order chi connectivity index (χ0) is 16.1. The second kappa shape index (κ2) is 5.30. The first-order valence-corrected chi connectivity index (χ1v) is 8.53. The van der Waals surface area contributed by atoms with Crippen LogP contribution >= 0.6 is 0 Å². The lowest BCUT2D eigenvalue weighted by Crippen LogP contribution is -2.45. The van der Waals surface area contributed by atoms with Crippen LogP contribution in [0.2, 0.25) is 0 Å². The van der Waals surface area contributed by atoms with E-state index in [4.69, 9.17) is 0 Å². The van der Waals surface area contributed by atoms with Gasteiger partial charge < -0.3 is 10.3 Å². The molecule has 4 nitrogen and oxygen atoms in total. The van der Waals surface area contributed by atoms with Crippen LogP contribution in [-0.4, -0.2) is 36.1 Å². The fourth-order valence-corrected chi connectivity index (χ4v) is 4.23. The molecule has 0 bridgehead atoms. The first kappa shape index (κ1) is 14.0. The molecule has 24 heavy (non-hydrogen) atoms. The molecule has 0 radical (unpaired) electrons. The van der Waals surface area contributed by atoms with Crippen molar-refractivity contribution < 1.29 is 0 Å². The third-order valence-corrected chi connectivity index (χ3v) is 5.28. The number of nitrogens with one attached hydrogen (secondary N) is 2. The minimum atomic E-state index is 0.000105. The highest BCUT2D eigenvalue weighted by Gasteiger charge is 2.35. The van der Waals surface area contributed by atoms with E-state index in [0.29, 0.717) is 0 Å². The van der Waals surface area contributed by atoms with Crippen LogP contribution in [0.25, 0.3) is 22.0 Å². The Morgan fingerprint density at radius 1 is 0.917 bits per heavy atom. The smallest absolute Gasteiger partial charge is 0.256 e. The van der Waals surface area contributed by atoms with Crippen LogP contribution in [0.15, 0.2) is 53.3 Å². The zero-order valence-corrected chi connectivity index (χ0v) is 13.4. The van der Waals surface area contributed by atoms with Crippen molar-refractivity contribution in [2.45, 2.75) is 6.04 Å². The van der Waals surface area contributed by atoms with Crippen LogP contribution in [0.4, 0.5) is 0 Å². The molecule has 3 aromatic rings. The van der Waals surface area contributed by atoms with Crippen LogP contribution in [0.1, 0.15) is 17.2 Å². The largest absolute Gasteiger partial charge is 0.321 e. The number of hydrogen-bond acceptors (Lipinski definition) is 3. The van der Waals surface area contributed by atoms with E-state index in [1.165, 1.54) is 16.7 Å². The lowest BCUT2D eigenvalue weighted by molar-refractivity contribution is 0.202. The molecule has 1 aliphatic carbocycles. The average molecular weight is 317 g/mol. The molecule has 2 aliphatic rings. The molecule has 0 amide bonds. The molecule has 2 aromatic carbocycles. The molecular formula is C20H19N3O. The number of aromatic nitrogens is 1. The summed E-state index contributed by atoms with van der Waals surface area (Å²) in [7, 11) is 0. The van der Waals surface area contributed by atoms with Crippen molar-refractivity contribution >= 4 is 10.8 Å². The molecule has 5 rings (SSSR count). The molecule has 2 N–H and O–H groups in total. The molecule has 120 valence electrons. The van der Waals surface area contributed by atoms with Crippen molar-refractivity contribution in [3.8, 4) is 11.3 Å². The Hall–Kier alpha value is -2.43. The summed E-state index contributed by atoms with van der Waals surface area (Å²) in [6, 6.07) is 16.7. The highest BCUT2D eigenvalue weighted by molar-refractivity contribution is 5.93. The minimum absolute atomic E-state index is 0.000105. The van der Waals surface area contributed by atoms with Crippen LogP contribution in [0, 0.1) is 0 Å². The number of nitrogens with zero attached hydrogens (tertiary/aromatic N) is 1. The van der Waals surface area contributed by atoms with Gasteiger partial charge in [0, 0.05) is 42.7 Å². The fourth-order valence-electron chi connectivity index (χ4n) is 4.23. The standard InChI is InChI=1S/C20H19N3O/c24-20-16-8-4-1-5-13(16)17-18(22-20)14-6-2-3-7-15(14)19(17)23-11-9-21-10-12-23/h1-8,19,21H,9-12H2,(H,22,24). The molecule has 4 heteroatoms. The first-order valence-electron chi connectivity index (χ1n) is 8.53. The van der Waals surface area contributed by atoms with E-state index >= 15 is 0 Å². The Bertz CT molecular complexity index is 986. The predicted molar refractivity (Wildman–Crippen MR) is 96.3 cm³/mol. The van der Waals surface area contributed by atoms with Crippen LogP contribution in [0.5, 0.6) is 0 Å². The highest BCUT2D eigenvalue weighted by atomic mass is 16.1. The normalized spacial score (nSPS) is 20.1. The first-order chi connectivity index (χ1) is 11.8. The second-order valence-electron chi connectivity index (χ2n) is 6.56. The van der Waals surface area contributed by atoms with Gasteiger partial charge in [-0.15, -0.1) is 0 Å². The summed E-state index contributed by atoms with van der Waals surface area (Å²) in [5, 5.41) is 5.29. The van der Waals surface area contributed by atoms with Crippen LogP contribution in [-0.2, 0) is 0 Å². The van der Waals surface area contributed by atoms with E-state index in [2.05, 4.69) is 45.5 Å². The Morgan fingerprint density at radius 2 is 1.62 bits per heavy atom. The molecule has 1 fully saturated rings. The van der Waals surface area contributed by atoms with Gasteiger partial charge >= 0.3 is 0 Å². The van der Waals surface area contributed by atoms with Crippen molar-refractivity contribution in [2.24, 2.45) is 0 Å². The van der Waals surface area contributed by atoms with Gasteiger partial charge in [-0.25, -0.2) is 0 Å². The summed E-state index contributed by atoms with van der Waals surface area (Å²) in [6.07, 6.45) is 0. The number of hydrogen-bond donors (Lipinski definition) is 2. The van der Waals surface area contributed by atoms with E-state index in [9.17, 15) is 4.79 Å². The number of fused-ring (bicyclic) bond motifs is 5. The SMILES string of the molecule is O=c1[nH]c2c(c3ccccc13)C(N1CCNCC1)c1ccccc1-2. The fraction of sp³-hybridized carbons (Fsp3) is 0.250. The zero-order valence-electron chi connectivity index (χ0n) is 13.4. The van der Waals surface area contributed by atoms with Crippen LogP contribution < -0.4 is 10.9 Å². The molecule has 1 aliphatic heterocycles. The van der Waals surface area contributed by atoms with E-state index in [1.807, 2.05) is 18.2 Å².